The summed E-state index contributed by atoms with van der Waals surface area (Å²) in [4.78, 5) is 1.82. The highest BCUT2D eigenvalue weighted by Crippen LogP contribution is 2.32. The summed E-state index contributed by atoms with van der Waals surface area (Å²) >= 11 is 11.6. The van der Waals surface area contributed by atoms with Crippen LogP contribution in [0, 0.1) is 0 Å². The summed E-state index contributed by atoms with van der Waals surface area (Å²) < 4.78 is 0. The minimum absolute atomic E-state index is 0.0657. The van der Waals surface area contributed by atoms with Gasteiger partial charge in [0.1, 0.15) is 0 Å². The zero-order valence-electron chi connectivity index (χ0n) is 7.80. The molecule has 0 fully saturated rings. The lowest BCUT2D eigenvalue weighted by Gasteiger charge is -2.20. The maximum absolute atomic E-state index is 8.77. The zero-order chi connectivity index (χ0) is 10.7. The van der Waals surface area contributed by atoms with Crippen molar-refractivity contribution in [3.05, 3.63) is 22.2 Å². The average Bonchev–Trinajstić information content (AvgIpc) is 2.11. The third-order valence-corrected chi connectivity index (χ3v) is 2.64. The first-order chi connectivity index (χ1) is 6.56. The van der Waals surface area contributed by atoms with E-state index in [0.29, 0.717) is 22.3 Å². The number of likely N-dealkylation sites (N-methyl/N-ethyl adjacent to an activating group) is 1. The predicted octanol–water partition coefficient (Wildman–Crippen LogP) is 2.00. The lowest BCUT2D eigenvalue weighted by molar-refractivity contribution is 0.304. The molecule has 0 saturated carbocycles. The van der Waals surface area contributed by atoms with Crippen LogP contribution >= 0.6 is 23.2 Å². The molecule has 14 heavy (non-hydrogen) atoms. The molecule has 0 heterocycles. The molecule has 0 amide bonds. The number of halogens is 2. The number of anilines is 2. The van der Waals surface area contributed by atoms with Gasteiger partial charge in [-0.05, 0) is 12.1 Å². The number of hydrogen-bond donors (Lipinski definition) is 2. The van der Waals surface area contributed by atoms with Crippen LogP contribution in [0.3, 0.4) is 0 Å². The van der Waals surface area contributed by atoms with Gasteiger partial charge in [0.05, 0.1) is 28.0 Å². The van der Waals surface area contributed by atoms with Gasteiger partial charge in [0.2, 0.25) is 0 Å². The predicted molar refractivity (Wildman–Crippen MR) is 61.2 cm³/mol. The van der Waals surface area contributed by atoms with Crippen molar-refractivity contribution in [2.75, 3.05) is 30.8 Å². The van der Waals surface area contributed by atoms with E-state index in [1.54, 1.807) is 12.1 Å². The second-order valence-corrected chi connectivity index (χ2v) is 3.78. The van der Waals surface area contributed by atoms with Crippen LogP contribution in [0.2, 0.25) is 10.0 Å². The molecule has 0 atom stereocenters. The van der Waals surface area contributed by atoms with Crippen LogP contribution in [-0.2, 0) is 0 Å². The molecular formula is C9H12Cl2N2O. The van der Waals surface area contributed by atoms with E-state index in [-0.39, 0.29) is 6.61 Å². The van der Waals surface area contributed by atoms with Crippen molar-refractivity contribution in [1.29, 1.82) is 0 Å². The molecule has 0 saturated heterocycles. The first-order valence-electron chi connectivity index (χ1n) is 4.12. The van der Waals surface area contributed by atoms with Gasteiger partial charge in [-0.2, -0.15) is 0 Å². The number of hydrogen-bond acceptors (Lipinski definition) is 3. The van der Waals surface area contributed by atoms with Crippen LogP contribution in [-0.4, -0.2) is 25.3 Å². The highest BCUT2D eigenvalue weighted by molar-refractivity contribution is 6.42. The summed E-state index contributed by atoms with van der Waals surface area (Å²) in [6.45, 7) is 0.568. The first kappa shape index (κ1) is 11.4. The Morgan fingerprint density at radius 3 is 2.50 bits per heavy atom. The summed E-state index contributed by atoms with van der Waals surface area (Å²) in [5.41, 5.74) is 7.08. The van der Waals surface area contributed by atoms with E-state index >= 15 is 0 Å². The Morgan fingerprint density at radius 2 is 1.93 bits per heavy atom. The quantitative estimate of drug-likeness (QED) is 0.788. The number of aliphatic hydroxyl groups excluding tert-OH is 1. The number of nitrogens with two attached hydrogens (primary N) is 1. The fourth-order valence-corrected chi connectivity index (χ4v) is 1.48. The Hall–Kier alpha value is -0.640. The largest absolute Gasteiger partial charge is 0.397 e. The molecule has 3 N–H and O–H groups in total. The number of aliphatic hydroxyl groups is 1. The Morgan fingerprint density at radius 1 is 1.36 bits per heavy atom. The molecule has 0 aliphatic carbocycles. The maximum atomic E-state index is 8.77. The summed E-state index contributed by atoms with van der Waals surface area (Å²) in [6.07, 6.45) is 0. The maximum Gasteiger partial charge on any atom is 0.0614 e. The van der Waals surface area contributed by atoms with Crippen LogP contribution < -0.4 is 10.6 Å². The highest BCUT2D eigenvalue weighted by Gasteiger charge is 2.08. The van der Waals surface area contributed by atoms with E-state index < -0.39 is 0 Å². The van der Waals surface area contributed by atoms with Crippen molar-refractivity contribution < 1.29 is 5.11 Å². The Labute approximate surface area is 93.0 Å². The fraction of sp³-hybridized carbons (Fsp3) is 0.333. The lowest BCUT2D eigenvalue weighted by atomic mass is 10.2. The monoisotopic (exact) mass is 234 g/mol. The van der Waals surface area contributed by atoms with Gasteiger partial charge in [-0.3, -0.25) is 0 Å². The second-order valence-electron chi connectivity index (χ2n) is 2.97. The van der Waals surface area contributed by atoms with Crippen molar-refractivity contribution in [2.24, 2.45) is 0 Å². The lowest BCUT2D eigenvalue weighted by Crippen LogP contribution is -2.22. The first-order valence-corrected chi connectivity index (χ1v) is 4.88. The van der Waals surface area contributed by atoms with E-state index in [9.17, 15) is 0 Å². The van der Waals surface area contributed by atoms with E-state index in [1.165, 1.54) is 0 Å². The van der Waals surface area contributed by atoms with Crippen molar-refractivity contribution in [3.8, 4) is 0 Å². The van der Waals surface area contributed by atoms with Crippen LogP contribution in [0.1, 0.15) is 0 Å². The molecule has 78 valence electrons. The van der Waals surface area contributed by atoms with Gasteiger partial charge in [-0.15, -0.1) is 0 Å². The van der Waals surface area contributed by atoms with Crippen LogP contribution in [0.25, 0.3) is 0 Å². The minimum Gasteiger partial charge on any atom is -0.397 e. The highest BCUT2D eigenvalue weighted by atomic mass is 35.5. The molecule has 0 radical (unpaired) electrons. The molecule has 1 rings (SSSR count). The van der Waals surface area contributed by atoms with E-state index in [2.05, 4.69) is 0 Å². The average molecular weight is 235 g/mol. The topological polar surface area (TPSA) is 49.5 Å². The van der Waals surface area contributed by atoms with Gasteiger partial charge in [0.25, 0.3) is 0 Å². The molecule has 0 aliphatic heterocycles. The van der Waals surface area contributed by atoms with Gasteiger partial charge in [0, 0.05) is 13.6 Å². The van der Waals surface area contributed by atoms with Crippen molar-refractivity contribution in [1.82, 2.24) is 0 Å². The van der Waals surface area contributed by atoms with Crippen molar-refractivity contribution in [3.63, 3.8) is 0 Å². The number of nitrogen functional groups attached to an aromatic ring is 1. The molecule has 3 nitrogen and oxygen atoms in total. The van der Waals surface area contributed by atoms with E-state index in [1.807, 2.05) is 11.9 Å². The Kier molecular flexibility index (Phi) is 3.86. The Bertz CT molecular complexity index is 331. The van der Waals surface area contributed by atoms with Gasteiger partial charge in [-0.25, -0.2) is 0 Å². The molecule has 0 aliphatic rings. The smallest absolute Gasteiger partial charge is 0.0614 e. The summed E-state index contributed by atoms with van der Waals surface area (Å²) in [7, 11) is 1.83. The van der Waals surface area contributed by atoms with Gasteiger partial charge in [-0.1, -0.05) is 23.2 Å². The molecular weight excluding hydrogens is 223 g/mol. The Balaban J connectivity index is 3.02. The van der Waals surface area contributed by atoms with Crippen LogP contribution in [0.4, 0.5) is 11.4 Å². The second kappa shape index (κ2) is 4.73. The van der Waals surface area contributed by atoms with Crippen molar-refractivity contribution in [2.45, 2.75) is 0 Å². The summed E-state index contributed by atoms with van der Waals surface area (Å²) in [5.74, 6) is 0. The van der Waals surface area contributed by atoms with Crippen LogP contribution in [0.15, 0.2) is 12.1 Å². The SMILES string of the molecule is CN(CCO)c1cc(Cl)c(Cl)cc1N. The van der Waals surface area contributed by atoms with Crippen molar-refractivity contribution >= 4 is 34.6 Å². The third kappa shape index (κ3) is 2.44. The molecule has 5 heteroatoms. The number of benzene rings is 1. The van der Waals surface area contributed by atoms with E-state index in [0.717, 1.165) is 5.69 Å². The standard InChI is InChI=1S/C9H12Cl2N2O/c1-13(2-3-14)9-5-7(11)6(10)4-8(9)12/h4-5,14H,2-3,12H2,1H3. The molecule has 1 aromatic rings. The number of rotatable bonds is 3. The zero-order valence-corrected chi connectivity index (χ0v) is 9.31. The number of nitrogens with zero attached hydrogens (tertiary/aromatic N) is 1. The van der Waals surface area contributed by atoms with Gasteiger partial charge in [0.15, 0.2) is 0 Å². The molecule has 0 unspecified atom stereocenters. The summed E-state index contributed by atoms with van der Waals surface area (Å²) in [6, 6.07) is 3.29. The summed E-state index contributed by atoms with van der Waals surface area (Å²) in [5, 5.41) is 9.67. The van der Waals surface area contributed by atoms with E-state index in [4.69, 9.17) is 34.0 Å². The molecule has 1 aromatic carbocycles. The molecule has 0 spiro atoms. The fourth-order valence-electron chi connectivity index (χ4n) is 1.15. The minimum atomic E-state index is 0.0657. The van der Waals surface area contributed by atoms with Crippen LogP contribution in [0.5, 0.6) is 0 Å². The van der Waals surface area contributed by atoms with Gasteiger partial charge >= 0.3 is 0 Å². The normalized spacial score (nSPS) is 10.3. The third-order valence-electron chi connectivity index (χ3n) is 1.92. The molecule has 0 aromatic heterocycles. The van der Waals surface area contributed by atoms with Gasteiger partial charge < -0.3 is 15.7 Å². The molecule has 0 bridgehead atoms.